The van der Waals surface area contributed by atoms with Crippen molar-refractivity contribution in [2.75, 3.05) is 12.3 Å². The van der Waals surface area contributed by atoms with E-state index in [9.17, 15) is 52.4 Å². The first-order valence-corrected chi connectivity index (χ1v) is 14.4. The van der Waals surface area contributed by atoms with Crippen LogP contribution in [0.3, 0.4) is 0 Å². The predicted octanol–water partition coefficient (Wildman–Crippen LogP) is -1.03. The zero-order chi connectivity index (χ0) is 31.0. The second-order valence-corrected chi connectivity index (χ2v) is 11.7. The number of carbonyl (C=O) groups is 4. The smallest absolute Gasteiger partial charge is 0.362 e. The third-order valence-corrected chi connectivity index (χ3v) is 8.43. The number of aromatic nitrogens is 2. The molecule has 2 aromatic rings. The van der Waals surface area contributed by atoms with Gasteiger partial charge in [-0.25, -0.2) is 14.1 Å². The minimum Gasteiger partial charge on any atom is -0.503 e. The van der Waals surface area contributed by atoms with Gasteiger partial charge in [-0.1, -0.05) is 5.16 Å². The summed E-state index contributed by atoms with van der Waals surface area (Å²) in [5, 5.41) is 36.2. The van der Waals surface area contributed by atoms with Crippen LogP contribution in [0.5, 0.6) is 5.75 Å². The van der Waals surface area contributed by atoms with Crippen LogP contribution in [0.1, 0.15) is 48.3 Å². The van der Waals surface area contributed by atoms with E-state index in [2.05, 4.69) is 15.5 Å². The number of β-lactam (4-membered cyclic amide) rings is 1. The van der Waals surface area contributed by atoms with Gasteiger partial charge < -0.3 is 31.3 Å². The molecular formula is C22H24N6O12S2. The highest BCUT2D eigenvalue weighted by molar-refractivity contribution is 7.84. The molecule has 2 amide bonds. The molecule has 2 fully saturated rings. The summed E-state index contributed by atoms with van der Waals surface area (Å²) < 4.78 is 33.4. The number of ketones is 1. The zero-order valence-corrected chi connectivity index (χ0v) is 23.0. The maximum absolute atomic E-state index is 13.4. The lowest BCUT2D eigenvalue weighted by Crippen LogP contribution is -2.66. The van der Waals surface area contributed by atoms with E-state index in [-0.39, 0.29) is 32.7 Å². The van der Waals surface area contributed by atoms with Gasteiger partial charge >= 0.3 is 16.3 Å². The minimum atomic E-state index is -5.14. The largest absolute Gasteiger partial charge is 0.503 e. The van der Waals surface area contributed by atoms with Gasteiger partial charge in [-0.05, 0) is 12.8 Å². The number of aromatic hydroxyl groups is 1. The molecule has 226 valence electrons. The Bertz CT molecular complexity index is 1640. The fourth-order valence-corrected chi connectivity index (χ4v) is 6.11. The van der Waals surface area contributed by atoms with E-state index in [4.69, 9.17) is 10.6 Å². The Hall–Kier alpha value is -4.56. The van der Waals surface area contributed by atoms with E-state index in [1.807, 2.05) is 0 Å². The van der Waals surface area contributed by atoms with Crippen LogP contribution in [-0.2, 0) is 29.5 Å². The van der Waals surface area contributed by atoms with Gasteiger partial charge in [0.25, 0.3) is 5.91 Å². The van der Waals surface area contributed by atoms with Gasteiger partial charge in [0.05, 0.1) is 18.2 Å². The van der Waals surface area contributed by atoms with Gasteiger partial charge in [-0.3, -0.25) is 23.7 Å². The molecule has 1 saturated heterocycles. The Morgan fingerprint density at radius 2 is 1.93 bits per heavy atom. The Balaban J connectivity index is 1.57. The average molecular weight is 629 g/mol. The second kappa shape index (κ2) is 11.4. The average Bonchev–Trinajstić information content (AvgIpc) is 3.56. The van der Waals surface area contributed by atoms with Gasteiger partial charge in [0.15, 0.2) is 22.4 Å². The monoisotopic (exact) mass is 628 g/mol. The Kier molecular flexibility index (Phi) is 8.23. The minimum absolute atomic E-state index is 0.0359. The number of amides is 2. The fourth-order valence-electron chi connectivity index (χ4n) is 4.63. The Morgan fingerprint density at radius 1 is 1.26 bits per heavy atom. The summed E-state index contributed by atoms with van der Waals surface area (Å²) >= 11 is 0.936. The number of aliphatic carboxylic acids is 1. The molecule has 3 heterocycles. The number of thiazole rings is 1. The van der Waals surface area contributed by atoms with Crippen LogP contribution in [0.4, 0.5) is 5.13 Å². The second-order valence-electron chi connectivity index (χ2n) is 9.48. The summed E-state index contributed by atoms with van der Waals surface area (Å²) in [4.78, 5) is 71.4. The molecule has 42 heavy (non-hydrogen) atoms. The lowest BCUT2D eigenvalue weighted by atomic mass is 9.84. The molecule has 20 heteroatoms. The molecule has 2 atom stereocenters. The molecule has 0 radical (unpaired) electrons. The van der Waals surface area contributed by atoms with Gasteiger partial charge in [0, 0.05) is 37.3 Å². The number of rotatable bonds is 11. The standard InChI is InChI=1S/C22H24N6O12S2/c23-21-25-11(9-41-21)17(26-40-22(20(34)35)3-1-2-4-22)15(30)5-10-13(28(19(10)33)42(37,38)39)7-24-18(32)12-6-14(29)16(31)8-27(12)36/h6,8-10,13,31,36H,1-5,7H2,(H2,23,25)(H,24,32)(H,34,35)(H,37,38,39)/b26-17-/t10-,13+/m0/s1. The van der Waals surface area contributed by atoms with Gasteiger partial charge in [-0.15, -0.1) is 11.3 Å². The fraction of sp³-hybridized carbons (Fsp3) is 0.409. The first kappa shape index (κ1) is 30.4. The molecular weight excluding hydrogens is 604 g/mol. The lowest BCUT2D eigenvalue weighted by molar-refractivity contribution is -0.165. The molecule has 1 saturated carbocycles. The van der Waals surface area contributed by atoms with E-state index in [0.29, 0.717) is 25.1 Å². The first-order valence-electron chi connectivity index (χ1n) is 12.1. The number of oxime groups is 1. The molecule has 0 aromatic carbocycles. The quantitative estimate of drug-likeness (QED) is 0.0570. The number of hydrogen-bond donors (Lipinski definition) is 6. The van der Waals surface area contributed by atoms with Crippen LogP contribution in [0.25, 0.3) is 0 Å². The number of nitrogens with zero attached hydrogens (tertiary/aromatic N) is 4. The van der Waals surface area contributed by atoms with Gasteiger partial charge in [0.1, 0.15) is 11.4 Å². The van der Waals surface area contributed by atoms with E-state index < -0.39 is 87.0 Å². The van der Waals surface area contributed by atoms with Crippen LogP contribution in [-0.4, -0.2) is 89.9 Å². The number of nitrogen functional groups attached to an aromatic ring is 1. The van der Waals surface area contributed by atoms with Crippen molar-refractivity contribution >= 4 is 56.1 Å². The third kappa shape index (κ3) is 5.90. The number of Topliss-reactive ketones (excluding diaryl/α,β-unsaturated/α-hetero) is 1. The van der Waals surface area contributed by atoms with E-state index in [1.54, 1.807) is 0 Å². The summed E-state index contributed by atoms with van der Waals surface area (Å²) in [7, 11) is -5.14. The van der Waals surface area contributed by atoms with Gasteiger partial charge in [0.2, 0.25) is 16.9 Å². The lowest BCUT2D eigenvalue weighted by Gasteiger charge is -2.44. The molecule has 0 spiro atoms. The number of nitrogens with two attached hydrogens (primary N) is 1. The molecule has 0 unspecified atom stereocenters. The molecule has 2 aliphatic rings. The maximum Gasteiger partial charge on any atom is 0.362 e. The molecule has 1 aliphatic carbocycles. The Labute approximate surface area is 239 Å². The van der Waals surface area contributed by atoms with E-state index >= 15 is 0 Å². The van der Waals surface area contributed by atoms with E-state index in [1.165, 1.54) is 5.38 Å². The maximum atomic E-state index is 13.4. The van der Waals surface area contributed by atoms with Crippen molar-refractivity contribution in [2.24, 2.45) is 11.1 Å². The van der Waals surface area contributed by atoms with Crippen molar-refractivity contribution in [1.29, 1.82) is 0 Å². The summed E-state index contributed by atoms with van der Waals surface area (Å²) in [6.45, 7) is -0.674. The van der Waals surface area contributed by atoms with Crippen molar-refractivity contribution < 1.29 is 52.4 Å². The van der Waals surface area contributed by atoms with Crippen molar-refractivity contribution in [3.63, 3.8) is 0 Å². The van der Waals surface area contributed by atoms with Crippen molar-refractivity contribution in [2.45, 2.75) is 43.7 Å². The summed E-state index contributed by atoms with van der Waals surface area (Å²) in [5.41, 5.74) is 1.75. The summed E-state index contributed by atoms with van der Waals surface area (Å²) in [5.74, 6) is -6.81. The summed E-state index contributed by atoms with van der Waals surface area (Å²) in [6.07, 6.45) is 1.16. The number of carboxylic acid groups (broad SMARTS) is 1. The number of carbonyl (C=O) groups excluding carboxylic acids is 3. The van der Waals surface area contributed by atoms with E-state index in [0.717, 1.165) is 11.3 Å². The number of carboxylic acids is 1. The number of nitrogens with one attached hydrogen (secondary N) is 1. The summed E-state index contributed by atoms with van der Waals surface area (Å²) in [6, 6.07) is -0.909. The molecule has 18 nitrogen and oxygen atoms in total. The highest BCUT2D eigenvalue weighted by Gasteiger charge is 2.54. The topological polar surface area (TPSA) is 281 Å². The highest BCUT2D eigenvalue weighted by Crippen LogP contribution is 2.35. The molecule has 0 bridgehead atoms. The van der Waals surface area contributed by atoms with Crippen LogP contribution < -0.4 is 16.5 Å². The number of anilines is 1. The van der Waals surface area contributed by atoms with Crippen LogP contribution >= 0.6 is 11.3 Å². The van der Waals surface area contributed by atoms with Crippen molar-refractivity contribution in [3.05, 3.63) is 39.3 Å². The number of pyridine rings is 1. The predicted molar refractivity (Wildman–Crippen MR) is 140 cm³/mol. The third-order valence-electron chi connectivity index (χ3n) is 6.81. The first-order chi connectivity index (χ1) is 19.6. The Morgan fingerprint density at radius 3 is 2.50 bits per heavy atom. The zero-order valence-electron chi connectivity index (χ0n) is 21.4. The van der Waals surface area contributed by atoms with Crippen LogP contribution in [0, 0.1) is 5.92 Å². The molecule has 7 N–H and O–H groups in total. The molecule has 1 aliphatic heterocycles. The normalized spacial score (nSPS) is 20.2. The van der Waals surface area contributed by atoms with Crippen LogP contribution in [0.15, 0.2) is 27.6 Å². The van der Waals surface area contributed by atoms with Crippen LogP contribution in [0.2, 0.25) is 0 Å². The van der Waals surface area contributed by atoms with Gasteiger partial charge in [-0.2, -0.15) is 13.1 Å². The van der Waals surface area contributed by atoms with Crippen molar-refractivity contribution in [1.82, 2.24) is 19.3 Å². The van der Waals surface area contributed by atoms with Crippen molar-refractivity contribution in [3.8, 4) is 5.75 Å². The highest BCUT2D eigenvalue weighted by atomic mass is 32.2. The molecule has 4 rings (SSSR count). The molecule has 2 aromatic heterocycles. The SMILES string of the molecule is Nc1nc(/C(=N/OC2(C(=O)O)CCCC2)C(=O)C[C@@H]2C(=O)N(S(=O)(=O)O)[C@@H]2CNC(=O)c2cc(=O)c(O)cn2O)cs1. The number of hydrogen-bond acceptors (Lipinski definition) is 14.